The second-order valence-corrected chi connectivity index (χ2v) is 5.42. The van der Waals surface area contributed by atoms with Gasteiger partial charge in [-0.15, -0.1) is 0 Å². The second kappa shape index (κ2) is 10.7. The van der Waals surface area contributed by atoms with Crippen LogP contribution in [-0.4, -0.2) is 13.2 Å². The van der Waals surface area contributed by atoms with Crippen molar-refractivity contribution >= 4 is 0 Å². The van der Waals surface area contributed by atoms with Crippen LogP contribution in [0.3, 0.4) is 0 Å². The third-order valence-corrected chi connectivity index (χ3v) is 3.47. The number of hydrogen-bond donors (Lipinski definition) is 1. The smallest absolute Gasteiger partial charge is 0.119 e. The number of benzene rings is 1. The van der Waals surface area contributed by atoms with E-state index in [1.165, 1.54) is 37.7 Å². The van der Waals surface area contributed by atoms with Crippen LogP contribution in [-0.2, 0) is 0 Å². The van der Waals surface area contributed by atoms with Gasteiger partial charge in [0.1, 0.15) is 5.75 Å². The standard InChI is InChI=1S/C18H31NO/c1-4-7-8-12-18(19-13-5-2)16-10-9-11-17(15-16)20-14-6-3/h9-11,15,18-19H,4-8,12-14H2,1-3H3. The molecule has 0 aliphatic rings. The molecule has 0 bridgehead atoms. The van der Waals surface area contributed by atoms with Crippen molar-refractivity contribution in [2.45, 2.75) is 65.3 Å². The summed E-state index contributed by atoms with van der Waals surface area (Å²) in [5.41, 5.74) is 1.36. The van der Waals surface area contributed by atoms with Crippen LogP contribution < -0.4 is 10.1 Å². The fourth-order valence-electron chi connectivity index (χ4n) is 2.34. The van der Waals surface area contributed by atoms with E-state index in [0.29, 0.717) is 6.04 Å². The molecule has 1 atom stereocenters. The van der Waals surface area contributed by atoms with Gasteiger partial charge in [0.2, 0.25) is 0 Å². The molecule has 0 radical (unpaired) electrons. The highest BCUT2D eigenvalue weighted by Gasteiger charge is 2.11. The van der Waals surface area contributed by atoms with E-state index in [2.05, 4.69) is 50.4 Å². The highest BCUT2D eigenvalue weighted by atomic mass is 16.5. The first kappa shape index (κ1) is 17.0. The number of ether oxygens (including phenoxy) is 1. The van der Waals surface area contributed by atoms with Crippen molar-refractivity contribution in [3.8, 4) is 5.75 Å². The molecule has 0 saturated heterocycles. The van der Waals surface area contributed by atoms with Gasteiger partial charge in [-0.2, -0.15) is 0 Å². The van der Waals surface area contributed by atoms with Gasteiger partial charge in [0, 0.05) is 6.04 Å². The topological polar surface area (TPSA) is 21.3 Å². The Bertz CT molecular complexity index is 351. The maximum atomic E-state index is 5.75. The van der Waals surface area contributed by atoms with Crippen molar-refractivity contribution in [1.82, 2.24) is 5.32 Å². The first-order chi connectivity index (χ1) is 9.81. The summed E-state index contributed by atoms with van der Waals surface area (Å²) in [5, 5.41) is 3.67. The summed E-state index contributed by atoms with van der Waals surface area (Å²) >= 11 is 0. The van der Waals surface area contributed by atoms with E-state index in [1.807, 2.05) is 0 Å². The Labute approximate surface area is 124 Å². The number of unbranched alkanes of at least 4 members (excludes halogenated alkanes) is 2. The summed E-state index contributed by atoms with van der Waals surface area (Å²) in [6.45, 7) is 8.49. The van der Waals surface area contributed by atoms with Crippen molar-refractivity contribution in [1.29, 1.82) is 0 Å². The van der Waals surface area contributed by atoms with E-state index in [0.717, 1.165) is 25.3 Å². The van der Waals surface area contributed by atoms with Gasteiger partial charge >= 0.3 is 0 Å². The van der Waals surface area contributed by atoms with Gasteiger partial charge in [0.05, 0.1) is 6.61 Å². The molecule has 1 aromatic carbocycles. The molecule has 0 fully saturated rings. The quantitative estimate of drug-likeness (QED) is 0.568. The van der Waals surface area contributed by atoms with Crippen molar-refractivity contribution in [2.24, 2.45) is 0 Å². The van der Waals surface area contributed by atoms with Gasteiger partial charge in [-0.1, -0.05) is 52.2 Å². The van der Waals surface area contributed by atoms with Gasteiger partial charge in [-0.25, -0.2) is 0 Å². The molecule has 20 heavy (non-hydrogen) atoms. The molecule has 1 aromatic rings. The van der Waals surface area contributed by atoms with E-state index in [-0.39, 0.29) is 0 Å². The number of hydrogen-bond acceptors (Lipinski definition) is 2. The second-order valence-electron chi connectivity index (χ2n) is 5.42. The Kier molecular flexibility index (Phi) is 9.14. The Morgan fingerprint density at radius 3 is 2.60 bits per heavy atom. The fraction of sp³-hybridized carbons (Fsp3) is 0.667. The van der Waals surface area contributed by atoms with Crippen molar-refractivity contribution in [3.63, 3.8) is 0 Å². The first-order valence-corrected chi connectivity index (χ1v) is 8.27. The number of rotatable bonds is 11. The highest BCUT2D eigenvalue weighted by molar-refractivity contribution is 5.30. The van der Waals surface area contributed by atoms with E-state index in [9.17, 15) is 0 Å². The third kappa shape index (κ3) is 6.42. The Balaban J connectivity index is 2.66. The average Bonchev–Trinajstić information content (AvgIpc) is 2.49. The monoisotopic (exact) mass is 277 g/mol. The average molecular weight is 277 g/mol. The van der Waals surface area contributed by atoms with Crippen LogP contribution >= 0.6 is 0 Å². The zero-order valence-electron chi connectivity index (χ0n) is 13.5. The summed E-state index contributed by atoms with van der Waals surface area (Å²) in [6, 6.07) is 9.06. The van der Waals surface area contributed by atoms with Crippen molar-refractivity contribution in [3.05, 3.63) is 29.8 Å². The van der Waals surface area contributed by atoms with Gasteiger partial charge in [0.25, 0.3) is 0 Å². The maximum absolute atomic E-state index is 5.75. The summed E-state index contributed by atoms with van der Waals surface area (Å²) in [7, 11) is 0. The zero-order chi connectivity index (χ0) is 14.6. The largest absolute Gasteiger partial charge is 0.494 e. The fourth-order valence-corrected chi connectivity index (χ4v) is 2.34. The van der Waals surface area contributed by atoms with Crippen LogP contribution in [0.5, 0.6) is 5.75 Å². The van der Waals surface area contributed by atoms with Crippen LogP contribution in [0.1, 0.15) is 70.9 Å². The third-order valence-electron chi connectivity index (χ3n) is 3.47. The molecule has 0 aliphatic heterocycles. The molecule has 1 rings (SSSR count). The SMILES string of the molecule is CCCCCC(NCCC)c1cccc(OCCC)c1. The minimum Gasteiger partial charge on any atom is -0.494 e. The van der Waals surface area contributed by atoms with Crippen molar-refractivity contribution in [2.75, 3.05) is 13.2 Å². The van der Waals surface area contributed by atoms with Gasteiger partial charge in [-0.3, -0.25) is 0 Å². The lowest BCUT2D eigenvalue weighted by molar-refractivity contribution is 0.316. The Hall–Kier alpha value is -1.02. The summed E-state index contributed by atoms with van der Waals surface area (Å²) in [4.78, 5) is 0. The summed E-state index contributed by atoms with van der Waals surface area (Å²) in [5.74, 6) is 1.00. The molecular weight excluding hydrogens is 246 g/mol. The molecule has 2 nitrogen and oxygen atoms in total. The molecule has 1 unspecified atom stereocenters. The lowest BCUT2D eigenvalue weighted by Crippen LogP contribution is -2.22. The molecule has 0 spiro atoms. The van der Waals surface area contributed by atoms with E-state index < -0.39 is 0 Å². The van der Waals surface area contributed by atoms with E-state index in [4.69, 9.17) is 4.74 Å². The van der Waals surface area contributed by atoms with Crippen LogP contribution in [0.4, 0.5) is 0 Å². The van der Waals surface area contributed by atoms with Gasteiger partial charge in [-0.05, 0) is 43.5 Å². The predicted octanol–water partition coefficient (Wildman–Crippen LogP) is 5.10. The molecular formula is C18H31NO. The van der Waals surface area contributed by atoms with Gasteiger partial charge < -0.3 is 10.1 Å². The molecule has 0 amide bonds. The summed E-state index contributed by atoms with van der Waals surface area (Å²) < 4.78 is 5.75. The number of nitrogens with one attached hydrogen (secondary N) is 1. The minimum absolute atomic E-state index is 0.465. The van der Waals surface area contributed by atoms with Crippen LogP contribution in [0.2, 0.25) is 0 Å². The lowest BCUT2D eigenvalue weighted by atomic mass is 10.00. The molecule has 0 aliphatic carbocycles. The predicted molar refractivity (Wildman–Crippen MR) is 87.4 cm³/mol. The van der Waals surface area contributed by atoms with Crippen LogP contribution in [0.25, 0.3) is 0 Å². The van der Waals surface area contributed by atoms with Gasteiger partial charge in [0.15, 0.2) is 0 Å². The van der Waals surface area contributed by atoms with Crippen LogP contribution in [0, 0.1) is 0 Å². The molecule has 1 N–H and O–H groups in total. The Morgan fingerprint density at radius 2 is 1.90 bits per heavy atom. The lowest BCUT2D eigenvalue weighted by Gasteiger charge is -2.20. The van der Waals surface area contributed by atoms with E-state index in [1.54, 1.807) is 0 Å². The maximum Gasteiger partial charge on any atom is 0.119 e. The molecule has 0 heterocycles. The molecule has 114 valence electrons. The highest BCUT2D eigenvalue weighted by Crippen LogP contribution is 2.24. The molecule has 0 aromatic heterocycles. The Morgan fingerprint density at radius 1 is 1.05 bits per heavy atom. The normalized spacial score (nSPS) is 12.3. The first-order valence-electron chi connectivity index (χ1n) is 8.27. The zero-order valence-corrected chi connectivity index (χ0v) is 13.5. The molecule has 2 heteroatoms. The summed E-state index contributed by atoms with van der Waals surface area (Å²) in [6.07, 6.45) is 7.33. The van der Waals surface area contributed by atoms with Crippen molar-refractivity contribution < 1.29 is 4.74 Å². The molecule has 0 saturated carbocycles. The van der Waals surface area contributed by atoms with E-state index >= 15 is 0 Å². The minimum atomic E-state index is 0.465. The van der Waals surface area contributed by atoms with Crippen LogP contribution in [0.15, 0.2) is 24.3 Å².